The van der Waals surface area contributed by atoms with Crippen LogP contribution in [0, 0.1) is 0 Å². The minimum atomic E-state index is -0.559. The van der Waals surface area contributed by atoms with Crippen LogP contribution >= 0.6 is 0 Å². The lowest BCUT2D eigenvalue weighted by Crippen LogP contribution is -2.30. The molecule has 0 fully saturated rings. The highest BCUT2D eigenvalue weighted by molar-refractivity contribution is 6.16. The van der Waals surface area contributed by atoms with Gasteiger partial charge >= 0.3 is 5.97 Å². The van der Waals surface area contributed by atoms with E-state index in [1.807, 2.05) is 36.4 Å². The summed E-state index contributed by atoms with van der Waals surface area (Å²) >= 11 is 0. The Morgan fingerprint density at radius 3 is 2.63 bits per heavy atom. The van der Waals surface area contributed by atoms with E-state index in [1.54, 1.807) is 7.11 Å². The molecule has 2 aromatic carbocycles. The average Bonchev–Trinajstić information content (AvgIpc) is 3.01. The van der Waals surface area contributed by atoms with Gasteiger partial charge in [-0.2, -0.15) is 0 Å². The van der Waals surface area contributed by atoms with Crippen molar-refractivity contribution in [2.75, 3.05) is 14.2 Å². The van der Waals surface area contributed by atoms with E-state index in [1.165, 1.54) is 7.11 Å². The van der Waals surface area contributed by atoms with Crippen LogP contribution < -0.4 is 9.47 Å². The lowest BCUT2D eigenvalue weighted by molar-refractivity contribution is -0.142. The summed E-state index contributed by atoms with van der Waals surface area (Å²) in [5, 5.41) is 0. The number of fused-ring (bicyclic) bond motifs is 3. The fourth-order valence-electron chi connectivity index (χ4n) is 3.94. The van der Waals surface area contributed by atoms with E-state index in [4.69, 9.17) is 19.2 Å². The van der Waals surface area contributed by atoms with Gasteiger partial charge in [0.1, 0.15) is 5.60 Å². The molecule has 27 heavy (non-hydrogen) atoms. The van der Waals surface area contributed by atoms with E-state index >= 15 is 0 Å². The first kappa shape index (κ1) is 17.6. The Morgan fingerprint density at radius 1 is 1.22 bits per heavy atom. The molecule has 5 nitrogen and oxygen atoms in total. The molecule has 0 amide bonds. The number of methoxy groups -OCH3 is 2. The van der Waals surface area contributed by atoms with Crippen LogP contribution in [0.1, 0.15) is 36.1 Å². The third-order valence-electron chi connectivity index (χ3n) is 5.08. The van der Waals surface area contributed by atoms with Crippen molar-refractivity contribution in [2.24, 2.45) is 4.99 Å². The predicted molar refractivity (Wildman–Crippen MR) is 103 cm³/mol. The first-order valence-corrected chi connectivity index (χ1v) is 9.06. The molecule has 2 heterocycles. The van der Waals surface area contributed by atoms with E-state index in [2.05, 4.69) is 13.8 Å². The summed E-state index contributed by atoms with van der Waals surface area (Å²) in [5.74, 6) is 1.15. The minimum Gasteiger partial charge on any atom is -0.493 e. The molecule has 5 heteroatoms. The number of esters is 1. The third-order valence-corrected chi connectivity index (χ3v) is 5.08. The Kier molecular flexibility index (Phi) is 4.17. The van der Waals surface area contributed by atoms with E-state index in [0.29, 0.717) is 12.2 Å². The minimum absolute atomic E-state index is 0.314. The summed E-state index contributed by atoms with van der Waals surface area (Å²) in [6, 6.07) is 11.4. The van der Waals surface area contributed by atoms with Crippen molar-refractivity contribution in [3.63, 3.8) is 0 Å². The lowest BCUT2D eigenvalue weighted by atomic mass is 9.84. The highest BCUT2D eigenvalue weighted by Gasteiger charge is 2.39. The monoisotopic (exact) mass is 365 g/mol. The first-order chi connectivity index (χ1) is 12.9. The number of hydrogen-bond acceptors (Lipinski definition) is 5. The molecule has 0 bridgehead atoms. The summed E-state index contributed by atoms with van der Waals surface area (Å²) in [5.41, 5.74) is 4.67. The molecule has 2 aliphatic rings. The van der Waals surface area contributed by atoms with Crippen molar-refractivity contribution in [3.05, 3.63) is 58.7 Å². The maximum atomic E-state index is 12.3. The van der Waals surface area contributed by atoms with Gasteiger partial charge in [0, 0.05) is 29.5 Å². The summed E-state index contributed by atoms with van der Waals surface area (Å²) < 4.78 is 16.8. The first-order valence-electron chi connectivity index (χ1n) is 9.06. The molecule has 0 N–H and O–H groups in total. The maximum absolute atomic E-state index is 12.3. The molecule has 0 aromatic heterocycles. The van der Waals surface area contributed by atoms with Crippen LogP contribution in [-0.4, -0.2) is 37.5 Å². The Hall–Kier alpha value is -2.82. The van der Waals surface area contributed by atoms with Crippen LogP contribution in [0.2, 0.25) is 0 Å². The maximum Gasteiger partial charge on any atom is 0.330 e. The number of ether oxygens (including phenoxy) is 3. The Balaban J connectivity index is 1.96. The topological polar surface area (TPSA) is 57.1 Å². The second-order valence-corrected chi connectivity index (χ2v) is 7.55. The molecule has 0 spiro atoms. The van der Waals surface area contributed by atoms with Gasteiger partial charge in [0.05, 0.1) is 19.9 Å². The van der Waals surface area contributed by atoms with Gasteiger partial charge in [-0.1, -0.05) is 30.3 Å². The van der Waals surface area contributed by atoms with Crippen molar-refractivity contribution in [3.8, 4) is 11.5 Å². The van der Waals surface area contributed by atoms with E-state index < -0.39 is 6.04 Å². The molecule has 2 aromatic rings. The molecule has 0 saturated carbocycles. The fraction of sp³-hybridized carbons (Fsp3) is 0.364. The van der Waals surface area contributed by atoms with Crippen molar-refractivity contribution in [1.29, 1.82) is 0 Å². The second kappa shape index (κ2) is 6.41. The van der Waals surface area contributed by atoms with Crippen LogP contribution in [0.15, 0.2) is 41.4 Å². The van der Waals surface area contributed by atoms with Crippen LogP contribution in [0.4, 0.5) is 0 Å². The van der Waals surface area contributed by atoms with Crippen molar-refractivity contribution < 1.29 is 19.0 Å². The highest BCUT2D eigenvalue weighted by atomic mass is 16.5. The van der Waals surface area contributed by atoms with Crippen molar-refractivity contribution in [2.45, 2.75) is 38.3 Å². The van der Waals surface area contributed by atoms with Crippen molar-refractivity contribution in [1.82, 2.24) is 0 Å². The summed E-state index contributed by atoms with van der Waals surface area (Å²) in [7, 11) is 3.04. The van der Waals surface area contributed by atoms with Crippen LogP contribution in [0.3, 0.4) is 0 Å². The SMILES string of the molecule is COC(=O)C1Cc2cc(OC)c3c(c2C(c2ccccc2)=N1)CC(C)(C)O3. The number of aliphatic imine (C=N–C) groups is 1. The zero-order valence-corrected chi connectivity index (χ0v) is 16.0. The fourth-order valence-corrected chi connectivity index (χ4v) is 3.94. The molecule has 0 aliphatic carbocycles. The number of rotatable bonds is 3. The van der Waals surface area contributed by atoms with Crippen molar-refractivity contribution >= 4 is 11.7 Å². The molecule has 2 aliphatic heterocycles. The number of nitrogens with zero attached hydrogens (tertiary/aromatic N) is 1. The molecule has 0 saturated heterocycles. The number of hydrogen-bond donors (Lipinski definition) is 0. The van der Waals surface area contributed by atoms with Gasteiger partial charge in [0.2, 0.25) is 0 Å². The number of carbonyl (C=O) groups excluding carboxylic acids is 1. The highest BCUT2D eigenvalue weighted by Crippen LogP contribution is 2.47. The number of benzene rings is 2. The Morgan fingerprint density at radius 2 is 1.96 bits per heavy atom. The Bertz CT molecular complexity index is 931. The predicted octanol–water partition coefficient (Wildman–Crippen LogP) is 3.34. The van der Waals surface area contributed by atoms with Gasteiger partial charge in [-0.25, -0.2) is 4.79 Å². The molecule has 1 atom stereocenters. The van der Waals surface area contributed by atoms with Gasteiger partial charge in [0.15, 0.2) is 17.5 Å². The van der Waals surface area contributed by atoms with E-state index in [0.717, 1.165) is 40.1 Å². The normalized spacial score (nSPS) is 19.4. The third kappa shape index (κ3) is 2.97. The lowest BCUT2D eigenvalue weighted by Gasteiger charge is -2.25. The van der Waals surface area contributed by atoms with Gasteiger partial charge in [0.25, 0.3) is 0 Å². The molecule has 0 radical (unpaired) electrons. The molecular weight excluding hydrogens is 342 g/mol. The zero-order chi connectivity index (χ0) is 19.2. The van der Waals surface area contributed by atoms with Crippen LogP contribution in [0.25, 0.3) is 0 Å². The largest absolute Gasteiger partial charge is 0.493 e. The zero-order valence-electron chi connectivity index (χ0n) is 16.0. The van der Waals surface area contributed by atoms with E-state index in [-0.39, 0.29) is 11.6 Å². The molecular formula is C22H23NO4. The quantitative estimate of drug-likeness (QED) is 0.783. The standard InChI is InChI=1S/C22H23NO4/c1-22(2)12-15-18-14(11-17(25-3)20(15)27-22)10-16(21(24)26-4)23-19(18)13-8-6-5-7-9-13/h5-9,11,16H,10,12H2,1-4H3. The second-order valence-electron chi connectivity index (χ2n) is 7.55. The number of carbonyl (C=O) groups is 1. The van der Waals surface area contributed by atoms with Gasteiger partial charge in [-0.3, -0.25) is 4.99 Å². The summed E-state index contributed by atoms with van der Waals surface area (Å²) in [4.78, 5) is 17.1. The molecule has 4 rings (SSSR count). The van der Waals surface area contributed by atoms with Gasteiger partial charge in [-0.15, -0.1) is 0 Å². The smallest absolute Gasteiger partial charge is 0.330 e. The van der Waals surface area contributed by atoms with Crippen LogP contribution in [-0.2, 0) is 22.4 Å². The summed E-state index contributed by atoms with van der Waals surface area (Å²) in [6.07, 6.45) is 1.25. The van der Waals surface area contributed by atoms with Crippen LogP contribution in [0.5, 0.6) is 11.5 Å². The van der Waals surface area contributed by atoms with E-state index in [9.17, 15) is 4.79 Å². The van der Waals surface area contributed by atoms with Gasteiger partial charge < -0.3 is 14.2 Å². The van der Waals surface area contributed by atoms with Gasteiger partial charge in [-0.05, 0) is 25.5 Å². The Labute approximate surface area is 159 Å². The molecule has 140 valence electrons. The summed E-state index contributed by atoms with van der Waals surface area (Å²) in [6.45, 7) is 4.14. The molecule has 1 unspecified atom stereocenters. The average molecular weight is 365 g/mol.